The molecule has 0 aliphatic rings. The molecule has 2 aromatic rings. The first-order valence-electron chi connectivity index (χ1n) is 6.42. The van der Waals surface area contributed by atoms with Crippen LogP contribution in [0.1, 0.15) is 0 Å². The van der Waals surface area contributed by atoms with Crippen molar-refractivity contribution in [3.8, 4) is 0 Å². The van der Waals surface area contributed by atoms with Crippen LogP contribution in [0.2, 0.25) is 0 Å². The highest BCUT2D eigenvalue weighted by Gasteiger charge is 2.34. The van der Waals surface area contributed by atoms with Gasteiger partial charge in [0.05, 0.1) is 4.92 Å². The fraction of sp³-hybridized carbons (Fsp3) is 0.182. The van der Waals surface area contributed by atoms with Crippen molar-refractivity contribution in [2.75, 3.05) is 5.43 Å². The standard InChI is InChI=1S/C11H10Cl3N7O2S2/c12-11(13,14)9(17-10(24)18-20-5-15-16-6-20)19-25-8-4-2-1-3-7(8)21(22)23/h1-6,9,19H,(H2,17,18,24). The quantitative estimate of drug-likeness (QED) is 0.155. The largest absolute Gasteiger partial charge is 0.341 e. The number of nitrogens with zero attached hydrogens (tertiary/aromatic N) is 4. The Hall–Kier alpha value is -1.37. The number of para-hydroxylation sites is 1. The monoisotopic (exact) mass is 441 g/mol. The number of rotatable bonds is 6. The lowest BCUT2D eigenvalue weighted by molar-refractivity contribution is -0.387. The van der Waals surface area contributed by atoms with E-state index < -0.39 is 14.9 Å². The van der Waals surface area contributed by atoms with E-state index in [1.165, 1.54) is 23.4 Å². The molecule has 1 unspecified atom stereocenters. The summed E-state index contributed by atoms with van der Waals surface area (Å²) in [6, 6.07) is 6.16. The number of hydrogen-bond acceptors (Lipinski definition) is 7. The van der Waals surface area contributed by atoms with Crippen molar-refractivity contribution in [3.05, 3.63) is 47.0 Å². The maximum absolute atomic E-state index is 11.0. The van der Waals surface area contributed by atoms with Crippen molar-refractivity contribution in [1.82, 2.24) is 24.9 Å². The smallest absolute Gasteiger partial charge is 0.284 e. The number of nitro benzene ring substituents is 1. The molecule has 1 aromatic heterocycles. The molecule has 0 spiro atoms. The number of nitro groups is 1. The average Bonchev–Trinajstić information content (AvgIpc) is 3.03. The highest BCUT2D eigenvalue weighted by atomic mass is 35.6. The number of alkyl halides is 3. The van der Waals surface area contributed by atoms with Gasteiger partial charge in [0.2, 0.25) is 3.79 Å². The van der Waals surface area contributed by atoms with E-state index >= 15 is 0 Å². The minimum atomic E-state index is -1.80. The molecule has 1 aromatic carbocycles. The third-order valence-electron chi connectivity index (χ3n) is 2.60. The first-order chi connectivity index (χ1) is 11.8. The van der Waals surface area contributed by atoms with Gasteiger partial charge in [0.15, 0.2) is 5.11 Å². The Bertz CT molecular complexity index is 742. The van der Waals surface area contributed by atoms with Crippen LogP contribution < -0.4 is 15.5 Å². The van der Waals surface area contributed by atoms with Gasteiger partial charge in [-0.25, -0.2) is 9.40 Å². The molecule has 25 heavy (non-hydrogen) atoms. The second-order valence-corrected chi connectivity index (χ2v) is 8.03. The molecule has 0 saturated carbocycles. The predicted octanol–water partition coefficient (Wildman–Crippen LogP) is 2.60. The van der Waals surface area contributed by atoms with Crippen LogP contribution in [-0.4, -0.2) is 34.9 Å². The van der Waals surface area contributed by atoms with Crippen LogP contribution in [0.25, 0.3) is 0 Å². The number of nitrogens with one attached hydrogen (secondary N) is 3. The number of benzene rings is 1. The van der Waals surface area contributed by atoms with Crippen LogP contribution in [0.15, 0.2) is 41.8 Å². The number of thiocarbonyl (C=S) groups is 1. The lowest BCUT2D eigenvalue weighted by atomic mass is 10.3. The van der Waals surface area contributed by atoms with E-state index in [-0.39, 0.29) is 10.8 Å². The average molecular weight is 443 g/mol. The summed E-state index contributed by atoms with van der Waals surface area (Å²) in [5, 5.41) is 21.1. The molecule has 1 heterocycles. The Morgan fingerprint density at radius 1 is 1.32 bits per heavy atom. The minimum absolute atomic E-state index is 0.0757. The molecular formula is C11H10Cl3N7O2S2. The molecule has 14 heteroatoms. The summed E-state index contributed by atoms with van der Waals surface area (Å²) >= 11 is 23.8. The number of hydrogen-bond donors (Lipinski definition) is 3. The van der Waals surface area contributed by atoms with Crippen LogP contribution >= 0.6 is 59.0 Å². The molecule has 0 saturated heterocycles. The second kappa shape index (κ2) is 8.83. The van der Waals surface area contributed by atoms with Crippen molar-refractivity contribution in [1.29, 1.82) is 0 Å². The Kier molecular flexibility index (Phi) is 7.04. The van der Waals surface area contributed by atoms with Crippen molar-refractivity contribution >= 4 is 69.8 Å². The van der Waals surface area contributed by atoms with E-state index in [1.54, 1.807) is 18.2 Å². The van der Waals surface area contributed by atoms with Gasteiger partial charge in [-0.15, -0.1) is 10.2 Å². The van der Waals surface area contributed by atoms with Crippen LogP contribution in [0, 0.1) is 10.1 Å². The minimum Gasteiger partial charge on any atom is -0.341 e. The molecule has 0 radical (unpaired) electrons. The SMILES string of the molecule is O=[N+]([O-])c1ccccc1SNC(NC(=S)Nn1cnnc1)C(Cl)(Cl)Cl. The molecule has 0 fully saturated rings. The first-order valence-corrected chi connectivity index (χ1v) is 8.78. The molecule has 3 N–H and O–H groups in total. The molecular weight excluding hydrogens is 433 g/mol. The zero-order valence-electron chi connectivity index (χ0n) is 12.1. The van der Waals surface area contributed by atoms with E-state index in [0.29, 0.717) is 4.90 Å². The summed E-state index contributed by atoms with van der Waals surface area (Å²) < 4.78 is 2.41. The van der Waals surface area contributed by atoms with Gasteiger partial charge in [0, 0.05) is 6.07 Å². The maximum atomic E-state index is 11.0. The lowest BCUT2D eigenvalue weighted by Gasteiger charge is -2.27. The van der Waals surface area contributed by atoms with Crippen molar-refractivity contribution in [2.24, 2.45) is 0 Å². The van der Waals surface area contributed by atoms with E-state index in [2.05, 4.69) is 25.7 Å². The molecule has 134 valence electrons. The Morgan fingerprint density at radius 2 is 1.96 bits per heavy atom. The van der Waals surface area contributed by atoms with Crippen LogP contribution in [0.5, 0.6) is 0 Å². The highest BCUT2D eigenvalue weighted by Crippen LogP contribution is 2.33. The molecule has 0 aliphatic carbocycles. The highest BCUT2D eigenvalue weighted by molar-refractivity contribution is 7.97. The number of halogens is 3. The van der Waals surface area contributed by atoms with E-state index in [1.807, 2.05) is 0 Å². The van der Waals surface area contributed by atoms with Crippen LogP contribution in [0.4, 0.5) is 5.69 Å². The third kappa shape index (κ3) is 6.13. The second-order valence-electron chi connectivity index (χ2n) is 4.37. The summed E-state index contributed by atoms with van der Waals surface area (Å²) in [5.74, 6) is 0. The van der Waals surface area contributed by atoms with E-state index in [4.69, 9.17) is 47.0 Å². The zero-order valence-corrected chi connectivity index (χ0v) is 16.0. The fourth-order valence-corrected chi connectivity index (χ4v) is 3.15. The molecule has 0 bridgehead atoms. The summed E-state index contributed by atoms with van der Waals surface area (Å²) in [5.41, 5.74) is 2.66. The third-order valence-corrected chi connectivity index (χ3v) is 4.38. The molecule has 2 rings (SSSR count). The van der Waals surface area contributed by atoms with Gasteiger partial charge in [-0.1, -0.05) is 46.9 Å². The normalized spacial score (nSPS) is 12.4. The van der Waals surface area contributed by atoms with Gasteiger partial charge in [-0.2, -0.15) is 0 Å². The van der Waals surface area contributed by atoms with Crippen LogP contribution in [-0.2, 0) is 0 Å². The van der Waals surface area contributed by atoms with Crippen LogP contribution in [0.3, 0.4) is 0 Å². The molecule has 9 nitrogen and oxygen atoms in total. The molecule has 0 aliphatic heterocycles. The van der Waals surface area contributed by atoms with Crippen molar-refractivity contribution in [3.63, 3.8) is 0 Å². The molecule has 1 atom stereocenters. The number of aromatic nitrogens is 3. The Balaban J connectivity index is 2.04. The summed E-state index contributed by atoms with van der Waals surface area (Å²) in [4.78, 5) is 10.9. The maximum Gasteiger partial charge on any atom is 0.284 e. The predicted molar refractivity (Wildman–Crippen MR) is 101 cm³/mol. The molecule has 0 amide bonds. The summed E-state index contributed by atoms with van der Waals surface area (Å²) in [6.07, 6.45) is 1.81. The van der Waals surface area contributed by atoms with Crippen molar-refractivity contribution in [2.45, 2.75) is 14.9 Å². The summed E-state index contributed by atoms with van der Waals surface area (Å²) in [6.45, 7) is 0. The zero-order chi connectivity index (χ0) is 18.4. The van der Waals surface area contributed by atoms with Crippen molar-refractivity contribution < 1.29 is 4.92 Å². The van der Waals surface area contributed by atoms with Gasteiger partial charge in [0.25, 0.3) is 5.69 Å². The van der Waals surface area contributed by atoms with Gasteiger partial charge < -0.3 is 5.32 Å². The van der Waals surface area contributed by atoms with E-state index in [0.717, 1.165) is 11.9 Å². The Morgan fingerprint density at radius 3 is 2.56 bits per heavy atom. The van der Waals surface area contributed by atoms with Gasteiger partial charge >= 0.3 is 0 Å². The van der Waals surface area contributed by atoms with E-state index in [9.17, 15) is 10.1 Å². The Labute approximate surface area is 166 Å². The first kappa shape index (κ1) is 19.9. The van der Waals surface area contributed by atoms with Gasteiger partial charge in [-0.3, -0.25) is 15.5 Å². The van der Waals surface area contributed by atoms with Gasteiger partial charge in [0.1, 0.15) is 23.7 Å². The summed E-state index contributed by atoms with van der Waals surface area (Å²) in [7, 11) is 0. The fourth-order valence-electron chi connectivity index (χ4n) is 1.53. The van der Waals surface area contributed by atoms with Gasteiger partial charge in [-0.05, 0) is 30.2 Å². The topological polar surface area (TPSA) is 110 Å². The lowest BCUT2D eigenvalue weighted by Crippen LogP contribution is -2.53.